The molecule has 0 spiro atoms. The van der Waals surface area contributed by atoms with Crippen molar-refractivity contribution in [2.24, 2.45) is 0 Å². The van der Waals surface area contributed by atoms with Crippen molar-refractivity contribution < 1.29 is 4.74 Å². The first-order valence-corrected chi connectivity index (χ1v) is 6.73. The van der Waals surface area contributed by atoms with Crippen LogP contribution >= 0.6 is 11.8 Å². The predicted octanol–water partition coefficient (Wildman–Crippen LogP) is 2.85. The predicted molar refractivity (Wildman–Crippen MR) is 69.0 cm³/mol. The summed E-state index contributed by atoms with van der Waals surface area (Å²) in [5.74, 6) is 0. The van der Waals surface area contributed by atoms with E-state index in [2.05, 4.69) is 36.5 Å². The Morgan fingerprint density at radius 3 is 2.75 bits per heavy atom. The summed E-state index contributed by atoms with van der Waals surface area (Å²) in [5, 5.41) is 4.02. The minimum Gasteiger partial charge on any atom is -0.379 e. The van der Waals surface area contributed by atoms with Crippen LogP contribution in [0, 0.1) is 0 Å². The normalized spacial score (nSPS) is 18.1. The van der Waals surface area contributed by atoms with Crippen LogP contribution in [-0.4, -0.2) is 25.5 Å². The van der Waals surface area contributed by atoms with E-state index >= 15 is 0 Å². The van der Waals surface area contributed by atoms with Gasteiger partial charge >= 0.3 is 0 Å². The molecule has 1 aromatic rings. The van der Waals surface area contributed by atoms with Gasteiger partial charge in [-0.2, -0.15) is 0 Å². The Balaban J connectivity index is 2.14. The van der Waals surface area contributed by atoms with Crippen molar-refractivity contribution in [1.82, 2.24) is 5.32 Å². The van der Waals surface area contributed by atoms with E-state index in [-0.39, 0.29) is 0 Å². The van der Waals surface area contributed by atoms with Gasteiger partial charge in [-0.3, -0.25) is 0 Å². The Labute approximate surface area is 102 Å². The van der Waals surface area contributed by atoms with Gasteiger partial charge in [-0.15, -0.1) is 11.8 Å². The summed E-state index contributed by atoms with van der Waals surface area (Å²) in [6.07, 6.45) is 1.12. The molecule has 1 N–H and O–H groups in total. The lowest BCUT2D eigenvalue weighted by molar-refractivity contribution is 0.0455. The largest absolute Gasteiger partial charge is 0.379 e. The van der Waals surface area contributed by atoms with Crippen molar-refractivity contribution in [3.05, 3.63) is 29.8 Å². The van der Waals surface area contributed by atoms with Crippen LogP contribution in [0.15, 0.2) is 29.2 Å². The number of benzene rings is 1. The minimum atomic E-state index is 0.463. The van der Waals surface area contributed by atoms with Gasteiger partial charge in [-0.1, -0.05) is 25.1 Å². The molecule has 0 bridgehead atoms. The first kappa shape index (κ1) is 12.0. The third kappa shape index (κ3) is 2.59. The van der Waals surface area contributed by atoms with E-state index in [4.69, 9.17) is 4.74 Å². The minimum absolute atomic E-state index is 0.463. The SMILES string of the molecule is CCC(NC)c1ccccc1SC1COC1. The number of hydrogen-bond acceptors (Lipinski definition) is 3. The number of nitrogens with one attached hydrogen (secondary N) is 1. The maximum atomic E-state index is 5.22. The molecule has 1 unspecified atom stereocenters. The van der Waals surface area contributed by atoms with E-state index in [9.17, 15) is 0 Å². The van der Waals surface area contributed by atoms with Gasteiger partial charge in [0, 0.05) is 10.9 Å². The molecule has 0 saturated carbocycles. The van der Waals surface area contributed by atoms with Gasteiger partial charge in [0.15, 0.2) is 0 Å². The Kier molecular flexibility index (Phi) is 4.27. The maximum absolute atomic E-state index is 5.22. The highest BCUT2D eigenvalue weighted by molar-refractivity contribution is 8.00. The highest BCUT2D eigenvalue weighted by atomic mass is 32.2. The molecule has 1 aliphatic heterocycles. The average molecular weight is 237 g/mol. The Bertz CT molecular complexity index is 334. The molecule has 0 amide bonds. The molecular formula is C13H19NOS. The summed E-state index contributed by atoms with van der Waals surface area (Å²) < 4.78 is 5.22. The van der Waals surface area contributed by atoms with Crippen molar-refractivity contribution in [2.45, 2.75) is 29.5 Å². The van der Waals surface area contributed by atoms with Gasteiger partial charge in [0.2, 0.25) is 0 Å². The van der Waals surface area contributed by atoms with Crippen LogP contribution in [-0.2, 0) is 4.74 Å². The standard InChI is InChI=1S/C13H19NOS/c1-3-12(14-2)11-6-4-5-7-13(11)16-10-8-15-9-10/h4-7,10,12,14H,3,8-9H2,1-2H3. The molecular weight excluding hydrogens is 218 g/mol. The second-order valence-electron chi connectivity index (χ2n) is 4.06. The van der Waals surface area contributed by atoms with Crippen LogP contribution in [0.4, 0.5) is 0 Å². The molecule has 2 rings (SSSR count). The van der Waals surface area contributed by atoms with Crippen LogP contribution in [0.3, 0.4) is 0 Å². The van der Waals surface area contributed by atoms with Crippen LogP contribution < -0.4 is 5.32 Å². The van der Waals surface area contributed by atoms with Crippen molar-refractivity contribution in [3.63, 3.8) is 0 Å². The van der Waals surface area contributed by atoms with E-state index < -0.39 is 0 Å². The Morgan fingerprint density at radius 1 is 1.44 bits per heavy atom. The highest BCUT2D eigenvalue weighted by Crippen LogP contribution is 2.34. The van der Waals surface area contributed by atoms with E-state index in [0.29, 0.717) is 11.3 Å². The fourth-order valence-corrected chi connectivity index (χ4v) is 3.11. The summed E-state index contributed by atoms with van der Waals surface area (Å²) in [6.45, 7) is 4.01. The third-order valence-electron chi connectivity index (χ3n) is 2.95. The van der Waals surface area contributed by atoms with E-state index in [1.807, 2.05) is 18.8 Å². The zero-order valence-corrected chi connectivity index (χ0v) is 10.7. The molecule has 1 aliphatic rings. The van der Waals surface area contributed by atoms with Crippen LogP contribution in [0.2, 0.25) is 0 Å². The zero-order chi connectivity index (χ0) is 11.4. The van der Waals surface area contributed by atoms with Gasteiger partial charge in [0.1, 0.15) is 0 Å². The molecule has 1 saturated heterocycles. The van der Waals surface area contributed by atoms with Gasteiger partial charge in [-0.25, -0.2) is 0 Å². The molecule has 0 radical (unpaired) electrons. The molecule has 1 aromatic carbocycles. The number of rotatable bonds is 5. The quantitative estimate of drug-likeness (QED) is 0.851. The zero-order valence-electron chi connectivity index (χ0n) is 9.90. The summed E-state index contributed by atoms with van der Waals surface area (Å²) in [5.41, 5.74) is 1.42. The number of ether oxygens (including phenoxy) is 1. The summed E-state index contributed by atoms with van der Waals surface area (Å²) >= 11 is 1.95. The molecule has 1 fully saturated rings. The van der Waals surface area contributed by atoms with Gasteiger partial charge < -0.3 is 10.1 Å². The van der Waals surface area contributed by atoms with Gasteiger partial charge in [0.05, 0.1) is 18.5 Å². The maximum Gasteiger partial charge on any atom is 0.0611 e. The van der Waals surface area contributed by atoms with Crippen molar-refractivity contribution in [2.75, 3.05) is 20.3 Å². The molecule has 0 aromatic heterocycles. The number of thioether (sulfide) groups is 1. The molecule has 16 heavy (non-hydrogen) atoms. The summed E-state index contributed by atoms with van der Waals surface area (Å²) in [7, 11) is 2.03. The van der Waals surface area contributed by atoms with Gasteiger partial charge in [-0.05, 0) is 25.1 Å². The summed E-state index contributed by atoms with van der Waals surface area (Å²) in [6, 6.07) is 9.15. The first-order valence-electron chi connectivity index (χ1n) is 5.85. The molecule has 88 valence electrons. The fraction of sp³-hybridized carbons (Fsp3) is 0.538. The van der Waals surface area contributed by atoms with E-state index in [1.165, 1.54) is 10.5 Å². The summed E-state index contributed by atoms with van der Waals surface area (Å²) in [4.78, 5) is 1.40. The topological polar surface area (TPSA) is 21.3 Å². The molecule has 1 heterocycles. The lowest BCUT2D eigenvalue weighted by atomic mass is 10.1. The Morgan fingerprint density at radius 2 is 2.19 bits per heavy atom. The van der Waals surface area contributed by atoms with Crippen LogP contribution in [0.25, 0.3) is 0 Å². The smallest absolute Gasteiger partial charge is 0.0611 e. The van der Waals surface area contributed by atoms with Crippen LogP contribution in [0.1, 0.15) is 24.9 Å². The first-order chi connectivity index (χ1) is 7.85. The van der Waals surface area contributed by atoms with Crippen molar-refractivity contribution in [1.29, 1.82) is 0 Å². The second-order valence-corrected chi connectivity index (χ2v) is 5.41. The van der Waals surface area contributed by atoms with Crippen molar-refractivity contribution in [3.8, 4) is 0 Å². The molecule has 0 aliphatic carbocycles. The molecule has 3 heteroatoms. The lowest BCUT2D eigenvalue weighted by Crippen LogP contribution is -2.30. The van der Waals surface area contributed by atoms with E-state index in [1.54, 1.807) is 0 Å². The second kappa shape index (κ2) is 5.71. The lowest BCUT2D eigenvalue weighted by Gasteiger charge is -2.27. The van der Waals surface area contributed by atoms with Gasteiger partial charge in [0.25, 0.3) is 0 Å². The highest BCUT2D eigenvalue weighted by Gasteiger charge is 2.21. The van der Waals surface area contributed by atoms with Crippen LogP contribution in [0.5, 0.6) is 0 Å². The van der Waals surface area contributed by atoms with Crippen molar-refractivity contribution >= 4 is 11.8 Å². The Hall–Kier alpha value is -0.510. The van der Waals surface area contributed by atoms with E-state index in [0.717, 1.165) is 19.6 Å². The number of hydrogen-bond donors (Lipinski definition) is 1. The third-order valence-corrected chi connectivity index (χ3v) is 4.18. The average Bonchev–Trinajstić information content (AvgIpc) is 2.27. The fourth-order valence-electron chi connectivity index (χ4n) is 1.92. The monoisotopic (exact) mass is 237 g/mol. The molecule has 2 nitrogen and oxygen atoms in total. The molecule has 1 atom stereocenters.